The zero-order chi connectivity index (χ0) is 12.4. The summed E-state index contributed by atoms with van der Waals surface area (Å²) in [6.07, 6.45) is 0. The van der Waals surface area contributed by atoms with Crippen LogP contribution in [-0.4, -0.2) is 29.7 Å². The first-order valence-corrected chi connectivity index (χ1v) is 6.23. The summed E-state index contributed by atoms with van der Waals surface area (Å²) in [5.41, 5.74) is 0.263. The van der Waals surface area contributed by atoms with E-state index in [0.29, 0.717) is 17.3 Å². The first-order chi connectivity index (χ1) is 6.45. The van der Waals surface area contributed by atoms with Crippen LogP contribution in [0.1, 0.15) is 62.3 Å². The average Bonchev–Trinajstić information content (AvgIpc) is 1.74. The van der Waals surface area contributed by atoms with Crippen molar-refractivity contribution in [3.63, 3.8) is 0 Å². The summed E-state index contributed by atoms with van der Waals surface area (Å²) in [5.74, 6) is 0.644. The van der Waals surface area contributed by atoms with Gasteiger partial charge in [0.25, 0.3) is 0 Å². The molecule has 1 unspecified atom stereocenters. The third-order valence-electron chi connectivity index (χ3n) is 2.71. The molecule has 15 heavy (non-hydrogen) atoms. The van der Waals surface area contributed by atoms with E-state index in [1.165, 1.54) is 7.28 Å². The molecule has 0 aromatic heterocycles. The lowest BCUT2D eigenvalue weighted by atomic mass is 9.50. The number of hydrogen-bond donors (Lipinski definition) is 0. The highest BCUT2D eigenvalue weighted by Gasteiger charge is 2.31. The van der Waals surface area contributed by atoms with Gasteiger partial charge in [0.15, 0.2) is 0 Å². The van der Waals surface area contributed by atoms with Crippen molar-refractivity contribution in [3.05, 3.63) is 0 Å². The molecular formula is C13H30BN. The normalized spacial score (nSPS) is 15.9. The molecule has 0 bridgehead atoms. The van der Waals surface area contributed by atoms with Crippen LogP contribution in [0.4, 0.5) is 0 Å². The zero-order valence-corrected chi connectivity index (χ0v) is 12.3. The standard InChI is InChI=1S/C13H30BN/c1-10(2)15(13(7,8)9)11(3)14-12(4,5)6/h10-11,14H,1-9H3. The van der Waals surface area contributed by atoms with Crippen molar-refractivity contribution in [1.29, 1.82) is 0 Å². The molecule has 1 atom stereocenters. The Hall–Kier alpha value is 0.0249. The van der Waals surface area contributed by atoms with Crippen LogP contribution in [0.5, 0.6) is 0 Å². The van der Waals surface area contributed by atoms with Gasteiger partial charge in [-0.25, -0.2) is 0 Å². The van der Waals surface area contributed by atoms with Gasteiger partial charge in [0.05, 0.1) is 0 Å². The third kappa shape index (κ3) is 5.60. The van der Waals surface area contributed by atoms with Gasteiger partial charge in [0.2, 0.25) is 0 Å². The minimum atomic E-state index is 0.263. The second-order valence-corrected chi connectivity index (χ2v) is 7.29. The Kier molecular flexibility index (Phi) is 4.91. The lowest BCUT2D eigenvalue weighted by molar-refractivity contribution is 0.0866. The van der Waals surface area contributed by atoms with E-state index in [1.54, 1.807) is 0 Å². The Morgan fingerprint density at radius 2 is 1.27 bits per heavy atom. The summed E-state index contributed by atoms with van der Waals surface area (Å²) >= 11 is 0. The SMILES string of the molecule is CC(C)N(C(C)BC(C)(C)C)C(C)(C)C. The van der Waals surface area contributed by atoms with E-state index in [4.69, 9.17) is 0 Å². The summed E-state index contributed by atoms with van der Waals surface area (Å²) in [5, 5.41) is 0.414. The van der Waals surface area contributed by atoms with Gasteiger partial charge in [-0.2, -0.15) is 0 Å². The highest BCUT2D eigenvalue weighted by atomic mass is 15.2. The Balaban J connectivity index is 4.66. The van der Waals surface area contributed by atoms with Gasteiger partial charge in [-0.3, -0.25) is 0 Å². The number of nitrogens with zero attached hydrogens (tertiary/aromatic N) is 1. The van der Waals surface area contributed by atoms with Crippen molar-refractivity contribution in [2.75, 3.05) is 0 Å². The smallest absolute Gasteiger partial charge is 0.148 e. The summed E-state index contributed by atoms with van der Waals surface area (Å²) in [7, 11) is 1.25. The highest BCUT2D eigenvalue weighted by Crippen LogP contribution is 2.27. The molecule has 0 aliphatic carbocycles. The molecule has 2 heteroatoms. The van der Waals surface area contributed by atoms with Gasteiger partial charge in [-0.15, -0.1) is 0 Å². The zero-order valence-electron chi connectivity index (χ0n) is 12.3. The Bertz CT molecular complexity index is 186. The van der Waals surface area contributed by atoms with E-state index in [9.17, 15) is 0 Å². The van der Waals surface area contributed by atoms with Gasteiger partial charge in [0, 0.05) is 11.6 Å². The van der Waals surface area contributed by atoms with E-state index in [1.807, 2.05) is 0 Å². The fraction of sp³-hybridized carbons (Fsp3) is 1.00. The molecule has 0 saturated heterocycles. The van der Waals surface area contributed by atoms with Crippen LogP contribution < -0.4 is 0 Å². The summed E-state index contributed by atoms with van der Waals surface area (Å²) in [6, 6.07) is 0.613. The van der Waals surface area contributed by atoms with Crippen LogP contribution in [0.25, 0.3) is 0 Å². The van der Waals surface area contributed by atoms with Crippen LogP contribution >= 0.6 is 0 Å². The molecule has 0 aliphatic rings. The predicted molar refractivity (Wildman–Crippen MR) is 73.1 cm³/mol. The monoisotopic (exact) mass is 211 g/mol. The van der Waals surface area contributed by atoms with Crippen molar-refractivity contribution in [1.82, 2.24) is 4.90 Å². The first kappa shape index (κ1) is 15.0. The summed E-state index contributed by atoms with van der Waals surface area (Å²) in [4.78, 5) is 2.62. The van der Waals surface area contributed by atoms with Crippen LogP contribution in [0.3, 0.4) is 0 Å². The molecule has 0 aromatic carbocycles. The van der Waals surface area contributed by atoms with Crippen LogP contribution in [0.2, 0.25) is 5.31 Å². The van der Waals surface area contributed by atoms with E-state index in [0.717, 1.165) is 0 Å². The minimum absolute atomic E-state index is 0.263. The largest absolute Gasteiger partial charge is 0.301 e. The van der Waals surface area contributed by atoms with Gasteiger partial charge < -0.3 is 4.90 Å². The van der Waals surface area contributed by atoms with Crippen molar-refractivity contribution >= 4 is 7.28 Å². The summed E-state index contributed by atoms with van der Waals surface area (Å²) in [6.45, 7) is 20.9. The third-order valence-corrected chi connectivity index (χ3v) is 2.71. The van der Waals surface area contributed by atoms with Crippen LogP contribution in [0.15, 0.2) is 0 Å². The molecule has 0 spiro atoms. The molecule has 90 valence electrons. The predicted octanol–water partition coefficient (Wildman–Crippen LogP) is 3.50. The fourth-order valence-corrected chi connectivity index (χ4v) is 2.93. The Morgan fingerprint density at radius 1 is 0.867 bits per heavy atom. The Labute approximate surface area is 97.9 Å². The van der Waals surface area contributed by atoms with E-state index in [-0.39, 0.29) is 5.54 Å². The molecule has 0 amide bonds. The molecule has 0 N–H and O–H groups in total. The van der Waals surface area contributed by atoms with Crippen LogP contribution in [0, 0.1) is 0 Å². The van der Waals surface area contributed by atoms with E-state index < -0.39 is 0 Å². The van der Waals surface area contributed by atoms with Gasteiger partial charge in [-0.05, 0) is 40.6 Å². The van der Waals surface area contributed by atoms with Gasteiger partial charge >= 0.3 is 0 Å². The number of hydrogen-bond acceptors (Lipinski definition) is 1. The molecule has 0 saturated carbocycles. The van der Waals surface area contributed by atoms with Crippen molar-refractivity contribution in [3.8, 4) is 0 Å². The molecule has 0 aliphatic heterocycles. The van der Waals surface area contributed by atoms with Crippen molar-refractivity contribution in [2.45, 2.75) is 85.1 Å². The maximum Gasteiger partial charge on any atom is 0.148 e. The maximum absolute atomic E-state index is 2.62. The minimum Gasteiger partial charge on any atom is -0.301 e. The Morgan fingerprint density at radius 3 is 1.47 bits per heavy atom. The average molecular weight is 211 g/mol. The molecule has 0 radical (unpaired) electrons. The maximum atomic E-state index is 2.62. The summed E-state index contributed by atoms with van der Waals surface area (Å²) < 4.78 is 0. The molecule has 0 fully saturated rings. The van der Waals surface area contributed by atoms with Gasteiger partial charge in [-0.1, -0.05) is 33.0 Å². The van der Waals surface area contributed by atoms with E-state index >= 15 is 0 Å². The molecule has 1 nitrogen and oxygen atoms in total. The van der Waals surface area contributed by atoms with Crippen molar-refractivity contribution in [2.24, 2.45) is 0 Å². The van der Waals surface area contributed by atoms with Crippen LogP contribution in [-0.2, 0) is 0 Å². The number of rotatable bonds is 3. The molecule has 0 rings (SSSR count). The van der Waals surface area contributed by atoms with Gasteiger partial charge in [0.1, 0.15) is 7.28 Å². The lowest BCUT2D eigenvalue weighted by Crippen LogP contribution is -2.54. The fourth-order valence-electron chi connectivity index (χ4n) is 2.93. The van der Waals surface area contributed by atoms with E-state index in [2.05, 4.69) is 67.2 Å². The molecular weight excluding hydrogens is 181 g/mol. The highest BCUT2D eigenvalue weighted by molar-refractivity contribution is 6.41. The quantitative estimate of drug-likeness (QED) is 0.646. The second-order valence-electron chi connectivity index (χ2n) is 7.29. The first-order valence-electron chi connectivity index (χ1n) is 6.23. The molecule has 0 heterocycles. The lowest BCUT2D eigenvalue weighted by Gasteiger charge is -2.45. The topological polar surface area (TPSA) is 3.24 Å². The van der Waals surface area contributed by atoms with Crippen molar-refractivity contribution < 1.29 is 0 Å². The molecule has 0 aromatic rings. The second kappa shape index (κ2) is 4.90.